The van der Waals surface area contributed by atoms with E-state index < -0.39 is 6.10 Å². The number of benzene rings is 1. The van der Waals surface area contributed by atoms with Crippen LogP contribution in [-0.4, -0.2) is 29.9 Å². The topological polar surface area (TPSA) is 49.3 Å². The lowest BCUT2D eigenvalue weighted by molar-refractivity contribution is 0.0958. The van der Waals surface area contributed by atoms with Crippen LogP contribution < -0.4 is 5.32 Å². The molecule has 1 atom stereocenters. The molecule has 0 aliphatic heterocycles. The van der Waals surface area contributed by atoms with E-state index in [9.17, 15) is 9.90 Å². The first-order valence-corrected chi connectivity index (χ1v) is 6.73. The minimum absolute atomic E-state index is 0.0859. The number of hydrogen-bond acceptors (Lipinski definition) is 3. The number of aliphatic hydroxyl groups excluding tert-OH is 1. The fraction of sp³-hybridized carbons (Fsp3) is 0.462. The van der Waals surface area contributed by atoms with Gasteiger partial charge in [0.25, 0.3) is 5.91 Å². The highest BCUT2D eigenvalue weighted by molar-refractivity contribution is 7.99. The van der Waals surface area contributed by atoms with Gasteiger partial charge < -0.3 is 10.4 Å². The number of thioether (sulfide) groups is 1. The Kier molecular flexibility index (Phi) is 5.51. The maximum absolute atomic E-state index is 11.9. The van der Waals surface area contributed by atoms with Gasteiger partial charge in [-0.1, -0.05) is 19.1 Å². The Bertz CT molecular complexity index is 391. The van der Waals surface area contributed by atoms with Crippen LogP contribution in [0.25, 0.3) is 0 Å². The molecule has 0 radical (unpaired) electrons. The van der Waals surface area contributed by atoms with Crippen molar-refractivity contribution in [3.05, 3.63) is 29.3 Å². The standard InChI is InChI=1S/C13H19NO2S/c1-4-17-11-7-5-6-10(8-9(2)15)12(11)13(16)14-3/h5-7,9,15H,4,8H2,1-3H3,(H,14,16). The quantitative estimate of drug-likeness (QED) is 0.790. The zero-order valence-corrected chi connectivity index (χ0v) is 11.3. The lowest BCUT2D eigenvalue weighted by atomic mass is 10.0. The van der Waals surface area contributed by atoms with Crippen molar-refractivity contribution in [2.75, 3.05) is 12.8 Å². The number of rotatable bonds is 5. The van der Waals surface area contributed by atoms with Crippen molar-refractivity contribution in [1.82, 2.24) is 5.32 Å². The van der Waals surface area contributed by atoms with Crippen molar-refractivity contribution in [2.45, 2.75) is 31.3 Å². The Balaban J connectivity index is 3.18. The van der Waals surface area contributed by atoms with Crippen LogP contribution in [0.3, 0.4) is 0 Å². The molecule has 0 saturated carbocycles. The molecule has 2 N–H and O–H groups in total. The Hall–Kier alpha value is -1.00. The van der Waals surface area contributed by atoms with Crippen LogP contribution in [0, 0.1) is 0 Å². The summed E-state index contributed by atoms with van der Waals surface area (Å²) in [7, 11) is 1.63. The summed E-state index contributed by atoms with van der Waals surface area (Å²) in [6.07, 6.45) is 0.0567. The van der Waals surface area contributed by atoms with Crippen LogP contribution in [0.2, 0.25) is 0 Å². The van der Waals surface area contributed by atoms with Crippen molar-refractivity contribution in [2.24, 2.45) is 0 Å². The SMILES string of the molecule is CCSc1cccc(CC(C)O)c1C(=O)NC. The highest BCUT2D eigenvalue weighted by Gasteiger charge is 2.16. The highest BCUT2D eigenvalue weighted by Crippen LogP contribution is 2.26. The third-order valence-electron chi connectivity index (χ3n) is 2.38. The molecule has 0 heterocycles. The molecule has 1 amide bonds. The second kappa shape index (κ2) is 6.67. The normalized spacial score (nSPS) is 12.2. The lowest BCUT2D eigenvalue weighted by Gasteiger charge is -2.14. The number of carbonyl (C=O) groups is 1. The minimum atomic E-state index is -0.444. The molecule has 1 aromatic carbocycles. The maximum atomic E-state index is 11.9. The van der Waals surface area contributed by atoms with Crippen LogP contribution in [0.1, 0.15) is 29.8 Å². The van der Waals surface area contributed by atoms with Crippen LogP contribution >= 0.6 is 11.8 Å². The monoisotopic (exact) mass is 253 g/mol. The average Bonchev–Trinajstić information content (AvgIpc) is 2.28. The van der Waals surface area contributed by atoms with Crippen LogP contribution in [0.15, 0.2) is 23.1 Å². The summed E-state index contributed by atoms with van der Waals surface area (Å²) in [4.78, 5) is 12.9. The van der Waals surface area contributed by atoms with E-state index in [4.69, 9.17) is 0 Å². The molecule has 0 aromatic heterocycles. The first-order chi connectivity index (χ1) is 8.10. The molecule has 3 nitrogen and oxygen atoms in total. The Morgan fingerprint density at radius 2 is 2.24 bits per heavy atom. The van der Waals surface area contributed by atoms with E-state index in [1.54, 1.807) is 25.7 Å². The first kappa shape index (κ1) is 14.1. The largest absolute Gasteiger partial charge is 0.393 e. The van der Waals surface area contributed by atoms with Crippen LogP contribution in [-0.2, 0) is 6.42 Å². The van der Waals surface area contributed by atoms with Crippen molar-refractivity contribution in [3.63, 3.8) is 0 Å². The van der Waals surface area contributed by atoms with E-state index in [2.05, 4.69) is 12.2 Å². The van der Waals surface area contributed by atoms with Gasteiger partial charge in [0.2, 0.25) is 0 Å². The van der Waals surface area contributed by atoms with Crippen molar-refractivity contribution >= 4 is 17.7 Å². The molecule has 0 spiro atoms. The first-order valence-electron chi connectivity index (χ1n) is 5.75. The predicted octanol–water partition coefficient (Wildman–Crippen LogP) is 2.08. The summed E-state index contributed by atoms with van der Waals surface area (Å²) in [5.74, 6) is 0.833. The molecule has 0 saturated heterocycles. The average molecular weight is 253 g/mol. The van der Waals surface area contributed by atoms with Gasteiger partial charge in [-0.3, -0.25) is 4.79 Å². The molecule has 0 aliphatic rings. The van der Waals surface area contributed by atoms with Crippen LogP contribution in [0.4, 0.5) is 0 Å². The number of nitrogens with one attached hydrogen (secondary N) is 1. The predicted molar refractivity (Wildman–Crippen MR) is 71.6 cm³/mol. The molecular weight excluding hydrogens is 234 g/mol. The number of carbonyl (C=O) groups excluding carboxylic acids is 1. The van der Waals surface area contributed by atoms with Gasteiger partial charge in [0.05, 0.1) is 11.7 Å². The van der Waals surface area contributed by atoms with E-state index in [0.29, 0.717) is 12.0 Å². The summed E-state index contributed by atoms with van der Waals surface area (Å²) in [6, 6.07) is 5.78. The second-order valence-corrected chi connectivity index (χ2v) is 5.16. The van der Waals surface area contributed by atoms with E-state index in [1.165, 1.54) is 0 Å². The molecule has 0 fully saturated rings. The molecule has 0 aliphatic carbocycles. The zero-order valence-electron chi connectivity index (χ0n) is 10.5. The third kappa shape index (κ3) is 3.75. The maximum Gasteiger partial charge on any atom is 0.252 e. The molecule has 0 bridgehead atoms. The smallest absolute Gasteiger partial charge is 0.252 e. The molecular formula is C13H19NO2S. The van der Waals surface area contributed by atoms with E-state index >= 15 is 0 Å². The molecule has 4 heteroatoms. The summed E-state index contributed by atoms with van der Waals surface area (Å²) >= 11 is 1.64. The van der Waals surface area contributed by atoms with E-state index in [0.717, 1.165) is 16.2 Å². The molecule has 1 aromatic rings. The van der Waals surface area contributed by atoms with E-state index in [1.807, 2.05) is 18.2 Å². The summed E-state index contributed by atoms with van der Waals surface area (Å²) in [5.41, 5.74) is 1.60. The number of hydrogen-bond donors (Lipinski definition) is 2. The summed E-state index contributed by atoms with van der Waals surface area (Å²) in [5, 5.41) is 12.1. The lowest BCUT2D eigenvalue weighted by Crippen LogP contribution is -2.21. The van der Waals surface area contributed by atoms with Gasteiger partial charge in [0, 0.05) is 11.9 Å². The van der Waals surface area contributed by atoms with Crippen molar-refractivity contribution in [3.8, 4) is 0 Å². The fourth-order valence-electron chi connectivity index (χ4n) is 1.72. The highest BCUT2D eigenvalue weighted by atomic mass is 32.2. The molecule has 17 heavy (non-hydrogen) atoms. The van der Waals surface area contributed by atoms with Crippen molar-refractivity contribution in [1.29, 1.82) is 0 Å². The van der Waals surface area contributed by atoms with E-state index in [-0.39, 0.29) is 5.91 Å². The van der Waals surface area contributed by atoms with Gasteiger partial charge in [-0.15, -0.1) is 11.8 Å². The minimum Gasteiger partial charge on any atom is -0.393 e. The van der Waals surface area contributed by atoms with Gasteiger partial charge in [-0.25, -0.2) is 0 Å². The molecule has 1 rings (SSSR count). The van der Waals surface area contributed by atoms with Gasteiger partial charge in [-0.05, 0) is 30.7 Å². The van der Waals surface area contributed by atoms with Crippen LogP contribution in [0.5, 0.6) is 0 Å². The number of aliphatic hydroxyl groups is 1. The summed E-state index contributed by atoms with van der Waals surface area (Å²) in [6.45, 7) is 3.78. The molecule has 1 unspecified atom stereocenters. The zero-order chi connectivity index (χ0) is 12.8. The Morgan fingerprint density at radius 3 is 2.76 bits per heavy atom. The second-order valence-electron chi connectivity index (χ2n) is 3.86. The Labute approximate surface area is 107 Å². The summed E-state index contributed by atoms with van der Waals surface area (Å²) < 4.78 is 0. The van der Waals surface area contributed by atoms with Gasteiger partial charge >= 0.3 is 0 Å². The molecule has 94 valence electrons. The van der Waals surface area contributed by atoms with Crippen molar-refractivity contribution < 1.29 is 9.90 Å². The third-order valence-corrected chi connectivity index (χ3v) is 3.32. The van der Waals surface area contributed by atoms with Gasteiger partial charge in [-0.2, -0.15) is 0 Å². The fourth-order valence-corrected chi connectivity index (χ4v) is 2.58. The Morgan fingerprint density at radius 1 is 1.53 bits per heavy atom. The van der Waals surface area contributed by atoms with Gasteiger partial charge in [0.1, 0.15) is 0 Å². The number of amides is 1. The van der Waals surface area contributed by atoms with Gasteiger partial charge in [0.15, 0.2) is 0 Å².